The van der Waals surface area contributed by atoms with Gasteiger partial charge in [0.05, 0.1) is 12.0 Å². The number of halogens is 1. The molecule has 1 aromatic heterocycles. The van der Waals surface area contributed by atoms with Crippen LogP contribution in [0.1, 0.15) is 22.9 Å². The van der Waals surface area contributed by atoms with Crippen molar-refractivity contribution in [3.63, 3.8) is 0 Å². The molecule has 0 aliphatic carbocycles. The third-order valence-electron chi connectivity index (χ3n) is 4.27. The highest BCUT2D eigenvalue weighted by molar-refractivity contribution is 7.14. The van der Waals surface area contributed by atoms with Crippen LogP contribution in [0.15, 0.2) is 54.7 Å². The summed E-state index contributed by atoms with van der Waals surface area (Å²) < 4.78 is 19.1. The molecule has 0 saturated carbocycles. The average molecular weight is 385 g/mol. The lowest BCUT2D eigenvalue weighted by Crippen LogP contribution is -2.14. The van der Waals surface area contributed by atoms with Gasteiger partial charge < -0.3 is 4.74 Å². The van der Waals surface area contributed by atoms with E-state index in [0.717, 1.165) is 39.4 Å². The van der Waals surface area contributed by atoms with E-state index in [1.54, 1.807) is 25.4 Å². The number of methoxy groups -OCH3 is 1. The Kier molecular flexibility index (Phi) is 6.29. The summed E-state index contributed by atoms with van der Waals surface area (Å²) in [5, 5.41) is 0.476. The number of ether oxygens (including phenoxy) is 1. The minimum absolute atomic E-state index is 0.141. The molecule has 1 heterocycles. The number of benzene rings is 2. The van der Waals surface area contributed by atoms with Crippen LogP contribution in [0.25, 0.3) is 0 Å². The number of nitroso groups, excluding NO2 is 1. The van der Waals surface area contributed by atoms with Gasteiger partial charge in [-0.05, 0) is 62.9 Å². The number of hydrogen-bond donors (Lipinski definition) is 0. The van der Waals surface area contributed by atoms with Crippen LogP contribution in [0.3, 0.4) is 0 Å². The van der Waals surface area contributed by atoms with Gasteiger partial charge in [0.2, 0.25) is 0 Å². The fourth-order valence-corrected chi connectivity index (χ4v) is 3.75. The molecule has 0 fully saturated rings. The Bertz CT molecular complexity index is 891. The molecule has 0 spiro atoms. The summed E-state index contributed by atoms with van der Waals surface area (Å²) in [4.78, 5) is 17.8. The summed E-state index contributed by atoms with van der Waals surface area (Å²) in [6.45, 7) is 2.37. The van der Waals surface area contributed by atoms with Gasteiger partial charge in [-0.3, -0.25) is 0 Å². The lowest BCUT2D eigenvalue weighted by atomic mass is 10.0. The van der Waals surface area contributed by atoms with Crippen molar-refractivity contribution in [2.75, 3.05) is 13.7 Å². The van der Waals surface area contributed by atoms with Crippen LogP contribution in [-0.4, -0.2) is 23.4 Å². The first kappa shape index (κ1) is 19.2. The highest BCUT2D eigenvalue weighted by Gasteiger charge is 2.21. The van der Waals surface area contributed by atoms with Crippen LogP contribution in [0.5, 0.6) is 5.75 Å². The molecule has 27 heavy (non-hydrogen) atoms. The van der Waals surface area contributed by atoms with Gasteiger partial charge in [0.15, 0.2) is 6.20 Å². The molecule has 0 aliphatic heterocycles. The second-order valence-corrected chi connectivity index (χ2v) is 7.72. The quantitative estimate of drug-likeness (QED) is 0.502. The highest BCUT2D eigenvalue weighted by atomic mass is 32.1. The average Bonchev–Trinajstić information content (AvgIpc) is 3.13. The molecule has 2 aromatic carbocycles. The van der Waals surface area contributed by atoms with Crippen molar-refractivity contribution in [2.45, 2.75) is 19.8 Å². The standard InChI is InChI=1S/C21H22FN2O2S/c1-15(11-16-3-7-18(22)8-4-16)14-24(25)21-23-13-20(27-21)12-17-5-9-19(26-2)10-6-17/h3-10,13,15H,11-12,14H2,1-2H3/q+1. The Morgan fingerprint density at radius 2 is 1.78 bits per heavy atom. The van der Waals surface area contributed by atoms with Crippen LogP contribution < -0.4 is 4.74 Å². The Hall–Kier alpha value is -2.60. The van der Waals surface area contributed by atoms with Gasteiger partial charge in [0.1, 0.15) is 18.1 Å². The predicted molar refractivity (Wildman–Crippen MR) is 105 cm³/mol. The van der Waals surface area contributed by atoms with Crippen molar-refractivity contribution in [3.05, 3.63) is 81.5 Å². The van der Waals surface area contributed by atoms with Gasteiger partial charge in [0, 0.05) is 12.3 Å². The summed E-state index contributed by atoms with van der Waals surface area (Å²) >= 11 is 1.42. The van der Waals surface area contributed by atoms with E-state index in [1.165, 1.54) is 23.5 Å². The first-order valence-electron chi connectivity index (χ1n) is 8.80. The molecular weight excluding hydrogens is 363 g/mol. The zero-order chi connectivity index (χ0) is 19.2. The van der Waals surface area contributed by atoms with Crippen molar-refractivity contribution in [1.29, 1.82) is 0 Å². The van der Waals surface area contributed by atoms with Crippen LogP contribution in [0.4, 0.5) is 9.52 Å². The first-order valence-corrected chi connectivity index (χ1v) is 9.62. The van der Waals surface area contributed by atoms with E-state index in [2.05, 4.69) is 4.98 Å². The smallest absolute Gasteiger partial charge is 0.420 e. The van der Waals surface area contributed by atoms with Gasteiger partial charge in [-0.25, -0.2) is 4.39 Å². The van der Waals surface area contributed by atoms with Crippen molar-refractivity contribution in [1.82, 2.24) is 4.98 Å². The summed E-state index contributed by atoms with van der Waals surface area (Å²) in [7, 11) is 1.64. The second kappa shape index (κ2) is 8.86. The maximum Gasteiger partial charge on any atom is 0.420 e. The molecule has 3 aromatic rings. The first-order chi connectivity index (χ1) is 13.0. The lowest BCUT2D eigenvalue weighted by Gasteiger charge is -2.07. The topological polar surface area (TPSA) is 42.2 Å². The van der Waals surface area contributed by atoms with Crippen LogP contribution in [0, 0.1) is 16.6 Å². The van der Waals surface area contributed by atoms with E-state index in [-0.39, 0.29) is 11.7 Å². The van der Waals surface area contributed by atoms with Gasteiger partial charge in [-0.15, -0.1) is 0 Å². The highest BCUT2D eigenvalue weighted by Crippen LogP contribution is 2.25. The van der Waals surface area contributed by atoms with E-state index in [1.807, 2.05) is 31.2 Å². The maximum absolute atomic E-state index is 13.0. The zero-order valence-corrected chi connectivity index (χ0v) is 16.2. The molecular formula is C21H22FN2O2S+. The van der Waals surface area contributed by atoms with Gasteiger partial charge in [-0.2, -0.15) is 0 Å². The zero-order valence-electron chi connectivity index (χ0n) is 15.4. The summed E-state index contributed by atoms with van der Waals surface area (Å²) in [5.41, 5.74) is 2.17. The molecule has 0 saturated heterocycles. The molecule has 0 bridgehead atoms. The number of rotatable bonds is 8. The van der Waals surface area contributed by atoms with Crippen molar-refractivity contribution < 1.29 is 13.9 Å². The molecule has 4 nitrogen and oxygen atoms in total. The Balaban J connectivity index is 1.56. The van der Waals surface area contributed by atoms with Crippen LogP contribution in [-0.2, 0) is 12.8 Å². The third kappa shape index (κ3) is 5.44. The predicted octanol–water partition coefficient (Wildman–Crippen LogP) is 5.17. The summed E-state index contributed by atoms with van der Waals surface area (Å²) in [5.74, 6) is 0.718. The third-order valence-corrected chi connectivity index (χ3v) is 5.27. The van der Waals surface area contributed by atoms with E-state index >= 15 is 0 Å². The SMILES string of the molecule is COc1ccc(Cc2cnc([N+](=O)CC(C)Cc3ccc(F)cc3)s2)cc1. The molecule has 1 atom stereocenters. The molecule has 0 radical (unpaired) electrons. The number of thiazole rings is 1. The van der Waals surface area contributed by atoms with Crippen LogP contribution in [0.2, 0.25) is 0 Å². The van der Waals surface area contributed by atoms with E-state index in [4.69, 9.17) is 4.74 Å². The summed E-state index contributed by atoms with van der Waals surface area (Å²) in [6.07, 6.45) is 3.23. The normalized spacial score (nSPS) is 12.0. The maximum atomic E-state index is 13.0. The molecule has 0 N–H and O–H groups in total. The molecule has 3 rings (SSSR count). The number of hydrogen-bond acceptors (Lipinski definition) is 4. The Morgan fingerprint density at radius 3 is 2.44 bits per heavy atom. The van der Waals surface area contributed by atoms with Crippen LogP contribution >= 0.6 is 11.3 Å². The Morgan fingerprint density at radius 1 is 1.11 bits per heavy atom. The Labute approximate surface area is 162 Å². The van der Waals surface area contributed by atoms with E-state index in [9.17, 15) is 9.30 Å². The molecule has 6 heteroatoms. The van der Waals surface area contributed by atoms with Crippen molar-refractivity contribution in [3.8, 4) is 5.75 Å². The summed E-state index contributed by atoms with van der Waals surface area (Å²) in [6, 6.07) is 14.3. The molecule has 0 amide bonds. The van der Waals surface area contributed by atoms with Crippen molar-refractivity contribution in [2.24, 2.45) is 5.92 Å². The van der Waals surface area contributed by atoms with Gasteiger partial charge >= 0.3 is 5.13 Å². The van der Waals surface area contributed by atoms with Gasteiger partial charge in [0.25, 0.3) is 0 Å². The molecule has 140 valence electrons. The van der Waals surface area contributed by atoms with E-state index < -0.39 is 0 Å². The largest absolute Gasteiger partial charge is 0.497 e. The van der Waals surface area contributed by atoms with E-state index in [0.29, 0.717) is 11.7 Å². The minimum atomic E-state index is -0.246. The fraction of sp³-hybridized carbons (Fsp3) is 0.286. The fourth-order valence-electron chi connectivity index (χ4n) is 2.89. The minimum Gasteiger partial charge on any atom is -0.497 e. The van der Waals surface area contributed by atoms with Crippen molar-refractivity contribution >= 4 is 16.5 Å². The second-order valence-electron chi connectivity index (χ2n) is 6.63. The lowest BCUT2D eigenvalue weighted by molar-refractivity contribution is -0.470. The molecule has 0 aliphatic rings. The number of nitrogens with zero attached hydrogens (tertiary/aromatic N) is 2. The number of aromatic nitrogens is 1. The molecule has 1 unspecified atom stereocenters. The van der Waals surface area contributed by atoms with Gasteiger partial charge in [-0.1, -0.05) is 36.1 Å². The monoisotopic (exact) mass is 385 g/mol.